The minimum absolute atomic E-state index is 0.190. The lowest BCUT2D eigenvalue weighted by atomic mass is 10.1. The summed E-state index contributed by atoms with van der Waals surface area (Å²) in [5, 5.41) is 2.14. The van der Waals surface area contributed by atoms with Gasteiger partial charge >= 0.3 is 0 Å². The van der Waals surface area contributed by atoms with Gasteiger partial charge in [-0.25, -0.2) is 0 Å². The number of nitrogens with zero attached hydrogens (tertiary/aromatic N) is 1. The number of nitrogens with two attached hydrogens (primary N) is 1. The zero-order chi connectivity index (χ0) is 12.0. The van der Waals surface area contributed by atoms with Crippen LogP contribution in [0.25, 0.3) is 0 Å². The maximum absolute atomic E-state index is 6.14. The van der Waals surface area contributed by atoms with Gasteiger partial charge in [-0.2, -0.15) is 0 Å². The largest absolute Gasteiger partial charge is 0.326 e. The lowest BCUT2D eigenvalue weighted by molar-refractivity contribution is 0.186. The molecular formula is C13H24N2S. The molecule has 1 aromatic rings. The summed E-state index contributed by atoms with van der Waals surface area (Å²) < 4.78 is 0. The summed E-state index contributed by atoms with van der Waals surface area (Å²) in [4.78, 5) is 3.90. The molecule has 2 unspecified atom stereocenters. The Bertz CT molecular complexity index is 269. The number of unbranched alkanes of at least 4 members (excludes halogenated alkanes) is 1. The molecule has 2 atom stereocenters. The van der Waals surface area contributed by atoms with Crippen LogP contribution in [0.5, 0.6) is 0 Å². The van der Waals surface area contributed by atoms with E-state index in [2.05, 4.69) is 43.2 Å². The third-order valence-electron chi connectivity index (χ3n) is 2.93. The van der Waals surface area contributed by atoms with E-state index in [-0.39, 0.29) is 6.04 Å². The zero-order valence-electron chi connectivity index (χ0n) is 10.6. The van der Waals surface area contributed by atoms with Gasteiger partial charge in [-0.3, -0.25) is 4.90 Å². The molecule has 0 aromatic carbocycles. The number of rotatable bonds is 7. The Kier molecular flexibility index (Phi) is 6.03. The SMILES string of the molecule is CCCCN(CC)C(c1cccs1)C(C)N. The molecule has 0 aliphatic carbocycles. The first-order valence-electron chi connectivity index (χ1n) is 6.23. The second-order valence-electron chi connectivity index (χ2n) is 4.30. The minimum Gasteiger partial charge on any atom is -0.326 e. The molecule has 0 spiro atoms. The normalized spacial score (nSPS) is 15.3. The fourth-order valence-electron chi connectivity index (χ4n) is 2.09. The summed E-state index contributed by atoms with van der Waals surface area (Å²) in [5.41, 5.74) is 6.14. The Morgan fingerprint density at radius 1 is 1.44 bits per heavy atom. The summed E-state index contributed by atoms with van der Waals surface area (Å²) in [6.07, 6.45) is 2.50. The highest BCUT2D eigenvalue weighted by Crippen LogP contribution is 2.27. The maximum atomic E-state index is 6.14. The molecule has 1 aromatic heterocycles. The molecule has 0 saturated heterocycles. The van der Waals surface area contributed by atoms with E-state index >= 15 is 0 Å². The van der Waals surface area contributed by atoms with Gasteiger partial charge in [0.15, 0.2) is 0 Å². The number of likely N-dealkylation sites (N-methyl/N-ethyl adjacent to an activating group) is 1. The summed E-state index contributed by atoms with van der Waals surface area (Å²) in [6, 6.07) is 4.89. The van der Waals surface area contributed by atoms with Crippen molar-refractivity contribution in [2.75, 3.05) is 13.1 Å². The monoisotopic (exact) mass is 240 g/mol. The van der Waals surface area contributed by atoms with Crippen LogP contribution in [0.1, 0.15) is 44.5 Å². The molecule has 2 nitrogen and oxygen atoms in total. The van der Waals surface area contributed by atoms with E-state index < -0.39 is 0 Å². The smallest absolute Gasteiger partial charge is 0.0590 e. The van der Waals surface area contributed by atoms with Gasteiger partial charge in [0, 0.05) is 10.9 Å². The number of thiophene rings is 1. The first kappa shape index (κ1) is 13.7. The van der Waals surface area contributed by atoms with Crippen LogP contribution in [0.15, 0.2) is 17.5 Å². The Labute approximate surface area is 103 Å². The molecule has 0 aliphatic rings. The van der Waals surface area contributed by atoms with Crippen LogP contribution in [0.2, 0.25) is 0 Å². The molecule has 0 fully saturated rings. The molecule has 0 aliphatic heterocycles. The van der Waals surface area contributed by atoms with Crippen molar-refractivity contribution < 1.29 is 0 Å². The molecule has 0 saturated carbocycles. The highest BCUT2D eigenvalue weighted by molar-refractivity contribution is 7.10. The predicted octanol–water partition coefficient (Wildman–Crippen LogP) is 3.26. The average molecular weight is 240 g/mol. The molecule has 0 radical (unpaired) electrons. The third kappa shape index (κ3) is 3.58. The summed E-state index contributed by atoms with van der Waals surface area (Å²) in [7, 11) is 0. The maximum Gasteiger partial charge on any atom is 0.0590 e. The lowest BCUT2D eigenvalue weighted by Gasteiger charge is -2.32. The van der Waals surface area contributed by atoms with Crippen LogP contribution < -0.4 is 5.73 Å². The van der Waals surface area contributed by atoms with Crippen molar-refractivity contribution in [2.45, 2.75) is 45.7 Å². The average Bonchev–Trinajstić information content (AvgIpc) is 2.76. The van der Waals surface area contributed by atoms with Gasteiger partial charge in [0.1, 0.15) is 0 Å². The van der Waals surface area contributed by atoms with E-state index in [9.17, 15) is 0 Å². The van der Waals surface area contributed by atoms with Gasteiger partial charge in [-0.05, 0) is 37.9 Å². The van der Waals surface area contributed by atoms with Crippen LogP contribution in [-0.2, 0) is 0 Å². The van der Waals surface area contributed by atoms with Gasteiger partial charge in [0.05, 0.1) is 6.04 Å². The summed E-state index contributed by atoms with van der Waals surface area (Å²) in [5.74, 6) is 0. The van der Waals surface area contributed by atoms with Crippen LogP contribution in [0, 0.1) is 0 Å². The quantitative estimate of drug-likeness (QED) is 0.792. The van der Waals surface area contributed by atoms with Gasteiger partial charge < -0.3 is 5.73 Å². The van der Waals surface area contributed by atoms with Gasteiger partial charge in [0.2, 0.25) is 0 Å². The third-order valence-corrected chi connectivity index (χ3v) is 3.87. The van der Waals surface area contributed by atoms with E-state index in [1.807, 2.05) is 11.3 Å². The fourth-order valence-corrected chi connectivity index (χ4v) is 3.06. The van der Waals surface area contributed by atoms with Crippen LogP contribution in [-0.4, -0.2) is 24.0 Å². The van der Waals surface area contributed by atoms with Gasteiger partial charge in [-0.1, -0.05) is 26.3 Å². The van der Waals surface area contributed by atoms with E-state index in [0.29, 0.717) is 6.04 Å². The highest BCUT2D eigenvalue weighted by atomic mass is 32.1. The molecular weight excluding hydrogens is 216 g/mol. The molecule has 1 heterocycles. The van der Waals surface area contributed by atoms with Crippen molar-refractivity contribution >= 4 is 11.3 Å². The first-order valence-corrected chi connectivity index (χ1v) is 7.11. The van der Waals surface area contributed by atoms with Gasteiger partial charge in [-0.15, -0.1) is 11.3 Å². The van der Waals surface area contributed by atoms with Crippen LogP contribution >= 0.6 is 11.3 Å². The molecule has 0 bridgehead atoms. The highest BCUT2D eigenvalue weighted by Gasteiger charge is 2.23. The lowest BCUT2D eigenvalue weighted by Crippen LogP contribution is -2.39. The van der Waals surface area contributed by atoms with Crippen LogP contribution in [0.4, 0.5) is 0 Å². The molecule has 1 rings (SSSR count). The summed E-state index contributed by atoms with van der Waals surface area (Å²) in [6.45, 7) is 8.79. The van der Waals surface area contributed by atoms with Crippen molar-refractivity contribution in [3.05, 3.63) is 22.4 Å². The first-order chi connectivity index (χ1) is 7.70. The second-order valence-corrected chi connectivity index (χ2v) is 5.28. The number of hydrogen-bond donors (Lipinski definition) is 1. The number of hydrogen-bond acceptors (Lipinski definition) is 3. The zero-order valence-corrected chi connectivity index (χ0v) is 11.5. The van der Waals surface area contributed by atoms with Crippen molar-refractivity contribution in [3.63, 3.8) is 0 Å². The van der Waals surface area contributed by atoms with Crippen molar-refractivity contribution in [3.8, 4) is 0 Å². The fraction of sp³-hybridized carbons (Fsp3) is 0.692. The van der Waals surface area contributed by atoms with E-state index in [4.69, 9.17) is 5.73 Å². The van der Waals surface area contributed by atoms with Crippen molar-refractivity contribution in [1.29, 1.82) is 0 Å². The Balaban J connectivity index is 2.75. The predicted molar refractivity (Wildman–Crippen MR) is 72.9 cm³/mol. The Morgan fingerprint density at radius 2 is 2.19 bits per heavy atom. The van der Waals surface area contributed by atoms with E-state index in [1.54, 1.807) is 0 Å². The molecule has 3 heteroatoms. The van der Waals surface area contributed by atoms with E-state index in [1.165, 1.54) is 17.7 Å². The minimum atomic E-state index is 0.190. The molecule has 0 amide bonds. The van der Waals surface area contributed by atoms with Crippen molar-refractivity contribution in [2.24, 2.45) is 5.73 Å². The standard InChI is InChI=1S/C13H24N2S/c1-4-6-9-15(5-2)13(11(3)14)12-8-7-10-16-12/h7-8,10-11,13H,4-6,9,14H2,1-3H3. The summed E-state index contributed by atoms with van der Waals surface area (Å²) >= 11 is 1.81. The topological polar surface area (TPSA) is 29.3 Å². The molecule has 16 heavy (non-hydrogen) atoms. The molecule has 2 N–H and O–H groups in total. The molecule has 92 valence electrons. The Hall–Kier alpha value is -0.380. The van der Waals surface area contributed by atoms with Crippen molar-refractivity contribution in [1.82, 2.24) is 4.90 Å². The van der Waals surface area contributed by atoms with Gasteiger partial charge in [0.25, 0.3) is 0 Å². The second kappa shape index (κ2) is 7.05. The Morgan fingerprint density at radius 3 is 2.62 bits per heavy atom. The van der Waals surface area contributed by atoms with E-state index in [0.717, 1.165) is 13.1 Å². The van der Waals surface area contributed by atoms with Crippen LogP contribution in [0.3, 0.4) is 0 Å².